The minimum Gasteiger partial charge on any atom is -0.399 e. The van der Waals surface area contributed by atoms with Crippen LogP contribution in [0.15, 0.2) is 78.9 Å². The second-order valence-electron chi connectivity index (χ2n) is 6.00. The number of nitrogens with zero attached hydrogens (tertiary/aromatic N) is 1. The molecule has 0 spiro atoms. The van der Waals surface area contributed by atoms with Crippen molar-refractivity contribution in [1.82, 2.24) is 0 Å². The van der Waals surface area contributed by atoms with Gasteiger partial charge < -0.3 is 10.6 Å². The average molecular weight is 302 g/mol. The fraction of sp³-hybridized carbons (Fsp3) is 0.143. The zero-order valence-corrected chi connectivity index (χ0v) is 13.6. The summed E-state index contributed by atoms with van der Waals surface area (Å²) in [5.41, 5.74) is 11.7. The van der Waals surface area contributed by atoms with Crippen LogP contribution in [0.2, 0.25) is 0 Å². The molecule has 1 atom stereocenters. The molecule has 0 bridgehead atoms. The van der Waals surface area contributed by atoms with E-state index in [1.165, 1.54) is 22.4 Å². The zero-order valence-electron chi connectivity index (χ0n) is 13.6. The van der Waals surface area contributed by atoms with Crippen molar-refractivity contribution in [2.45, 2.75) is 5.92 Å². The maximum absolute atomic E-state index is 5.85. The third-order valence-electron chi connectivity index (χ3n) is 4.15. The van der Waals surface area contributed by atoms with Gasteiger partial charge in [0.05, 0.1) is 0 Å². The number of nitrogens with two attached hydrogens (primary N) is 1. The van der Waals surface area contributed by atoms with Gasteiger partial charge in [0.1, 0.15) is 0 Å². The van der Waals surface area contributed by atoms with Crippen molar-refractivity contribution in [2.24, 2.45) is 0 Å². The van der Waals surface area contributed by atoms with E-state index in [1.54, 1.807) is 0 Å². The van der Waals surface area contributed by atoms with Gasteiger partial charge in [0.2, 0.25) is 0 Å². The standard InChI is InChI=1S/C21H22N2/c1-23(2)20-14-10-18(11-15-20)21(16-6-4-3-5-7-16)17-8-12-19(22)13-9-17/h3-15,21H,22H2,1-2H3. The summed E-state index contributed by atoms with van der Waals surface area (Å²) in [4.78, 5) is 2.12. The molecule has 0 radical (unpaired) electrons. The van der Waals surface area contributed by atoms with Gasteiger partial charge in [0.15, 0.2) is 0 Å². The van der Waals surface area contributed by atoms with Crippen LogP contribution in [0, 0.1) is 0 Å². The van der Waals surface area contributed by atoms with Crippen molar-refractivity contribution in [2.75, 3.05) is 24.7 Å². The predicted octanol–water partition coefficient (Wildman–Crippen LogP) is 4.52. The lowest BCUT2D eigenvalue weighted by atomic mass is 9.85. The molecule has 0 aromatic heterocycles. The fourth-order valence-corrected chi connectivity index (χ4v) is 2.88. The van der Waals surface area contributed by atoms with Crippen LogP contribution in [0.3, 0.4) is 0 Å². The summed E-state index contributed by atoms with van der Waals surface area (Å²) in [5, 5.41) is 0. The van der Waals surface area contributed by atoms with Crippen LogP contribution >= 0.6 is 0 Å². The summed E-state index contributed by atoms with van der Waals surface area (Å²) in [6.07, 6.45) is 0. The maximum atomic E-state index is 5.85. The number of anilines is 2. The molecule has 3 aromatic carbocycles. The summed E-state index contributed by atoms with van der Waals surface area (Å²) in [6, 6.07) is 27.5. The number of nitrogen functional groups attached to an aromatic ring is 1. The van der Waals surface area contributed by atoms with Crippen LogP contribution in [0.5, 0.6) is 0 Å². The second kappa shape index (κ2) is 6.57. The lowest BCUT2D eigenvalue weighted by Crippen LogP contribution is -2.09. The second-order valence-corrected chi connectivity index (χ2v) is 6.00. The van der Waals surface area contributed by atoms with Crippen molar-refractivity contribution < 1.29 is 0 Å². The number of hydrogen-bond acceptors (Lipinski definition) is 2. The molecule has 0 heterocycles. The fourth-order valence-electron chi connectivity index (χ4n) is 2.88. The Balaban J connectivity index is 2.06. The average Bonchev–Trinajstić information content (AvgIpc) is 2.58. The smallest absolute Gasteiger partial charge is 0.0361 e. The molecule has 0 saturated heterocycles. The van der Waals surface area contributed by atoms with Gasteiger partial charge in [0.25, 0.3) is 0 Å². The Morgan fingerprint density at radius 2 is 1.13 bits per heavy atom. The van der Waals surface area contributed by atoms with Crippen molar-refractivity contribution in [3.05, 3.63) is 95.6 Å². The Hall–Kier alpha value is -2.74. The van der Waals surface area contributed by atoms with Crippen LogP contribution in [0.25, 0.3) is 0 Å². The highest BCUT2D eigenvalue weighted by Crippen LogP contribution is 2.33. The van der Waals surface area contributed by atoms with Gasteiger partial charge in [-0.2, -0.15) is 0 Å². The minimum atomic E-state index is 0.216. The summed E-state index contributed by atoms with van der Waals surface area (Å²) in [5.74, 6) is 0.216. The lowest BCUT2D eigenvalue weighted by Gasteiger charge is -2.20. The number of rotatable bonds is 4. The Labute approximate surface area is 138 Å². The first-order valence-corrected chi connectivity index (χ1v) is 7.83. The van der Waals surface area contributed by atoms with Crippen molar-refractivity contribution in [1.29, 1.82) is 0 Å². The summed E-state index contributed by atoms with van der Waals surface area (Å²) in [7, 11) is 4.12. The first kappa shape index (κ1) is 15.2. The number of hydrogen-bond donors (Lipinski definition) is 1. The molecule has 0 saturated carbocycles. The molecule has 2 heteroatoms. The molecular formula is C21H22N2. The van der Waals surface area contributed by atoms with E-state index in [2.05, 4.69) is 85.7 Å². The van der Waals surface area contributed by atoms with Gasteiger partial charge in [-0.25, -0.2) is 0 Å². The van der Waals surface area contributed by atoms with E-state index in [1.807, 2.05) is 12.1 Å². The van der Waals surface area contributed by atoms with E-state index in [-0.39, 0.29) is 5.92 Å². The predicted molar refractivity (Wildman–Crippen MR) is 99.0 cm³/mol. The SMILES string of the molecule is CN(C)c1ccc(C(c2ccccc2)c2ccc(N)cc2)cc1. The third kappa shape index (κ3) is 3.37. The van der Waals surface area contributed by atoms with Crippen LogP contribution in [-0.2, 0) is 0 Å². The first-order valence-electron chi connectivity index (χ1n) is 7.83. The Morgan fingerprint density at radius 3 is 1.65 bits per heavy atom. The van der Waals surface area contributed by atoms with E-state index in [0.29, 0.717) is 0 Å². The van der Waals surface area contributed by atoms with Crippen LogP contribution < -0.4 is 10.6 Å². The Morgan fingerprint density at radius 1 is 0.652 bits per heavy atom. The largest absolute Gasteiger partial charge is 0.399 e. The van der Waals surface area contributed by atoms with E-state index >= 15 is 0 Å². The van der Waals surface area contributed by atoms with Crippen molar-refractivity contribution in [3.8, 4) is 0 Å². The maximum Gasteiger partial charge on any atom is 0.0361 e. The molecule has 0 aliphatic heterocycles. The quantitative estimate of drug-likeness (QED) is 0.567. The van der Waals surface area contributed by atoms with Gasteiger partial charge in [-0.05, 0) is 41.0 Å². The molecule has 1 unspecified atom stereocenters. The topological polar surface area (TPSA) is 29.3 Å². The molecule has 0 fully saturated rings. The highest BCUT2D eigenvalue weighted by atomic mass is 15.1. The van der Waals surface area contributed by atoms with Gasteiger partial charge in [0, 0.05) is 31.4 Å². The molecule has 23 heavy (non-hydrogen) atoms. The van der Waals surface area contributed by atoms with Crippen molar-refractivity contribution in [3.63, 3.8) is 0 Å². The molecular weight excluding hydrogens is 280 g/mol. The van der Waals surface area contributed by atoms with Gasteiger partial charge in [-0.1, -0.05) is 54.6 Å². The third-order valence-corrected chi connectivity index (χ3v) is 4.15. The molecule has 0 aliphatic carbocycles. The Kier molecular flexibility index (Phi) is 4.33. The van der Waals surface area contributed by atoms with Gasteiger partial charge >= 0.3 is 0 Å². The normalized spacial score (nSPS) is 11.9. The highest BCUT2D eigenvalue weighted by molar-refractivity contribution is 5.52. The minimum absolute atomic E-state index is 0.216. The summed E-state index contributed by atoms with van der Waals surface area (Å²) in [6.45, 7) is 0. The molecule has 2 nitrogen and oxygen atoms in total. The van der Waals surface area contributed by atoms with E-state index in [0.717, 1.165) is 5.69 Å². The van der Waals surface area contributed by atoms with Crippen molar-refractivity contribution >= 4 is 11.4 Å². The molecule has 116 valence electrons. The van der Waals surface area contributed by atoms with E-state index in [9.17, 15) is 0 Å². The molecule has 2 N–H and O–H groups in total. The van der Waals surface area contributed by atoms with E-state index in [4.69, 9.17) is 5.73 Å². The first-order chi connectivity index (χ1) is 11.1. The summed E-state index contributed by atoms with van der Waals surface area (Å²) >= 11 is 0. The van der Waals surface area contributed by atoms with Crippen LogP contribution in [0.4, 0.5) is 11.4 Å². The van der Waals surface area contributed by atoms with E-state index < -0.39 is 0 Å². The number of benzene rings is 3. The summed E-state index contributed by atoms with van der Waals surface area (Å²) < 4.78 is 0. The van der Waals surface area contributed by atoms with Gasteiger partial charge in [-0.3, -0.25) is 0 Å². The van der Waals surface area contributed by atoms with Gasteiger partial charge in [-0.15, -0.1) is 0 Å². The molecule has 0 amide bonds. The Bertz CT molecular complexity index is 744. The zero-order chi connectivity index (χ0) is 16.2. The highest BCUT2D eigenvalue weighted by Gasteiger charge is 2.16. The lowest BCUT2D eigenvalue weighted by molar-refractivity contribution is 0.976. The molecule has 3 aromatic rings. The molecule has 0 aliphatic rings. The molecule has 3 rings (SSSR count). The van der Waals surface area contributed by atoms with Crippen LogP contribution in [-0.4, -0.2) is 14.1 Å². The monoisotopic (exact) mass is 302 g/mol. The van der Waals surface area contributed by atoms with Crippen LogP contribution in [0.1, 0.15) is 22.6 Å².